The van der Waals surface area contributed by atoms with Crippen molar-refractivity contribution in [3.05, 3.63) is 29.8 Å². The molecule has 0 aliphatic carbocycles. The van der Waals surface area contributed by atoms with E-state index in [1.165, 1.54) is 0 Å². The maximum Gasteiger partial charge on any atom is 0.249 e. The number of carbonyl (C=O) groups is 1. The molecule has 1 unspecified atom stereocenters. The van der Waals surface area contributed by atoms with Gasteiger partial charge in [-0.1, -0.05) is 12.1 Å². The molecule has 1 aromatic carbocycles. The van der Waals surface area contributed by atoms with E-state index in [4.69, 9.17) is 14.2 Å². The summed E-state index contributed by atoms with van der Waals surface area (Å²) in [6, 6.07) is 8.52. The number of morpholine rings is 1. The van der Waals surface area contributed by atoms with Crippen molar-refractivity contribution in [2.75, 3.05) is 40.0 Å². The second-order valence-electron chi connectivity index (χ2n) is 6.76. The highest BCUT2D eigenvalue weighted by molar-refractivity contribution is 5.78. The Bertz CT molecular complexity index is 585. The van der Waals surface area contributed by atoms with E-state index in [0.29, 0.717) is 12.6 Å². The van der Waals surface area contributed by atoms with Gasteiger partial charge in [-0.15, -0.1) is 0 Å². The smallest absolute Gasteiger partial charge is 0.249 e. The molecule has 130 valence electrons. The van der Waals surface area contributed by atoms with E-state index in [1.807, 2.05) is 29.2 Å². The second-order valence-corrected chi connectivity index (χ2v) is 6.76. The number of amides is 1. The predicted molar refractivity (Wildman–Crippen MR) is 87.9 cm³/mol. The average Bonchev–Trinajstić information content (AvgIpc) is 3.27. The molecule has 3 aliphatic rings. The van der Waals surface area contributed by atoms with Crippen LogP contribution in [0.4, 0.5) is 0 Å². The largest absolute Gasteiger partial charge is 0.497 e. The summed E-state index contributed by atoms with van der Waals surface area (Å²) in [4.78, 5) is 16.8. The first kappa shape index (κ1) is 15.9. The van der Waals surface area contributed by atoms with Gasteiger partial charge < -0.3 is 19.1 Å². The van der Waals surface area contributed by atoms with Gasteiger partial charge in [-0.2, -0.15) is 0 Å². The quantitative estimate of drug-likeness (QED) is 0.820. The number of fused-ring (bicyclic) bond motifs is 1. The van der Waals surface area contributed by atoms with Crippen molar-refractivity contribution >= 4 is 5.91 Å². The Morgan fingerprint density at radius 2 is 2.08 bits per heavy atom. The molecule has 6 nitrogen and oxygen atoms in total. The maximum atomic E-state index is 12.4. The number of rotatable bonds is 4. The van der Waals surface area contributed by atoms with Crippen molar-refractivity contribution in [2.24, 2.45) is 0 Å². The summed E-state index contributed by atoms with van der Waals surface area (Å²) in [5, 5.41) is 0. The van der Waals surface area contributed by atoms with Crippen LogP contribution in [0.5, 0.6) is 5.75 Å². The van der Waals surface area contributed by atoms with Gasteiger partial charge in [-0.25, -0.2) is 0 Å². The van der Waals surface area contributed by atoms with E-state index in [2.05, 4.69) is 4.90 Å². The Balaban J connectivity index is 1.47. The molecule has 3 fully saturated rings. The number of hydrogen-bond acceptors (Lipinski definition) is 5. The van der Waals surface area contributed by atoms with Gasteiger partial charge in [0.1, 0.15) is 12.4 Å². The van der Waals surface area contributed by atoms with Crippen LogP contribution in [0.3, 0.4) is 0 Å². The summed E-state index contributed by atoms with van der Waals surface area (Å²) in [6.45, 7) is 4.22. The fourth-order valence-electron chi connectivity index (χ4n) is 3.94. The van der Waals surface area contributed by atoms with Gasteiger partial charge >= 0.3 is 0 Å². The summed E-state index contributed by atoms with van der Waals surface area (Å²) >= 11 is 0. The normalized spacial score (nSPS) is 30.6. The highest BCUT2D eigenvalue weighted by Crippen LogP contribution is 2.28. The van der Waals surface area contributed by atoms with Crippen LogP contribution in [0.25, 0.3) is 0 Å². The number of ether oxygens (including phenoxy) is 3. The van der Waals surface area contributed by atoms with Crippen LogP contribution in [0.15, 0.2) is 24.3 Å². The molecule has 0 spiro atoms. The Morgan fingerprint density at radius 1 is 1.25 bits per heavy atom. The topological polar surface area (TPSA) is 51.2 Å². The van der Waals surface area contributed by atoms with Gasteiger partial charge in [0.25, 0.3) is 0 Å². The predicted octanol–water partition coefficient (Wildman–Crippen LogP) is 0.896. The highest BCUT2D eigenvalue weighted by atomic mass is 16.5. The lowest BCUT2D eigenvalue weighted by Gasteiger charge is -2.37. The third kappa shape index (κ3) is 3.01. The fourth-order valence-corrected chi connectivity index (χ4v) is 3.94. The highest BCUT2D eigenvalue weighted by Gasteiger charge is 2.45. The lowest BCUT2D eigenvalue weighted by atomic mass is 10.1. The van der Waals surface area contributed by atoms with Gasteiger partial charge in [0.05, 0.1) is 25.9 Å². The Kier molecular flexibility index (Phi) is 4.43. The molecular formula is C18H24N2O4. The maximum absolute atomic E-state index is 12.4. The molecule has 3 aliphatic heterocycles. The minimum atomic E-state index is 0.0802. The van der Waals surface area contributed by atoms with Crippen molar-refractivity contribution in [2.45, 2.75) is 31.2 Å². The molecule has 24 heavy (non-hydrogen) atoms. The first-order valence-electron chi connectivity index (χ1n) is 8.60. The summed E-state index contributed by atoms with van der Waals surface area (Å²) in [5.41, 5.74) is 1.12. The Labute approximate surface area is 142 Å². The Morgan fingerprint density at radius 3 is 2.79 bits per heavy atom. The van der Waals surface area contributed by atoms with Gasteiger partial charge in [-0.05, 0) is 24.1 Å². The monoisotopic (exact) mass is 332 g/mol. The molecule has 0 bridgehead atoms. The van der Waals surface area contributed by atoms with Crippen LogP contribution < -0.4 is 4.74 Å². The van der Waals surface area contributed by atoms with Crippen LogP contribution in [-0.2, 0) is 20.8 Å². The van der Waals surface area contributed by atoms with Crippen molar-refractivity contribution in [3.63, 3.8) is 0 Å². The molecule has 1 aromatic rings. The summed E-state index contributed by atoms with van der Waals surface area (Å²) in [5.74, 6) is 0.912. The van der Waals surface area contributed by atoms with Gasteiger partial charge in [0.15, 0.2) is 0 Å². The van der Waals surface area contributed by atoms with Crippen molar-refractivity contribution in [3.8, 4) is 5.75 Å². The van der Waals surface area contributed by atoms with E-state index in [0.717, 1.165) is 44.0 Å². The third-order valence-corrected chi connectivity index (χ3v) is 5.34. The van der Waals surface area contributed by atoms with Crippen LogP contribution in [0.2, 0.25) is 0 Å². The molecule has 0 radical (unpaired) electrons. The van der Waals surface area contributed by atoms with Crippen LogP contribution in [-0.4, -0.2) is 73.9 Å². The number of carbonyl (C=O) groups excluding carboxylic acids is 1. The summed E-state index contributed by atoms with van der Waals surface area (Å²) in [7, 11) is 1.66. The molecular weight excluding hydrogens is 308 g/mol. The van der Waals surface area contributed by atoms with E-state index in [-0.39, 0.29) is 24.7 Å². The van der Waals surface area contributed by atoms with Crippen molar-refractivity contribution < 1.29 is 19.0 Å². The minimum Gasteiger partial charge on any atom is -0.497 e. The number of methoxy groups -OCH3 is 1. The van der Waals surface area contributed by atoms with E-state index in [1.54, 1.807) is 7.11 Å². The van der Waals surface area contributed by atoms with E-state index in [9.17, 15) is 4.79 Å². The molecule has 0 aromatic heterocycles. The molecule has 4 rings (SSSR count). The number of nitrogens with zero attached hydrogens (tertiary/aromatic N) is 2. The standard InChI is InChI=1S/C18H24N2O4/c1-22-15-4-2-13(3-5-15)8-20-16-9-19(14-6-7-23-11-14)10-17(16)24-12-18(20)21/h2-5,14,16-17H,6-12H2,1H3/t14?,16-,17-/m1/s1. The first-order chi connectivity index (χ1) is 11.7. The average molecular weight is 332 g/mol. The van der Waals surface area contributed by atoms with E-state index >= 15 is 0 Å². The zero-order valence-corrected chi connectivity index (χ0v) is 14.0. The minimum absolute atomic E-state index is 0.0802. The number of hydrogen-bond donors (Lipinski definition) is 0. The number of benzene rings is 1. The molecule has 3 heterocycles. The van der Waals surface area contributed by atoms with Gasteiger partial charge in [-0.3, -0.25) is 9.69 Å². The SMILES string of the molecule is COc1ccc(CN2C(=O)CO[C@@H]3CN(C4CCOC4)C[C@H]32)cc1. The second kappa shape index (κ2) is 6.70. The summed E-state index contributed by atoms with van der Waals surface area (Å²) in [6.07, 6.45) is 1.19. The molecule has 1 amide bonds. The van der Waals surface area contributed by atoms with Crippen molar-refractivity contribution in [1.82, 2.24) is 9.80 Å². The molecule has 0 N–H and O–H groups in total. The molecule has 0 saturated carbocycles. The molecule has 3 saturated heterocycles. The Hall–Kier alpha value is -1.63. The van der Waals surface area contributed by atoms with Crippen LogP contribution >= 0.6 is 0 Å². The van der Waals surface area contributed by atoms with Crippen molar-refractivity contribution in [1.29, 1.82) is 0 Å². The third-order valence-electron chi connectivity index (χ3n) is 5.34. The zero-order chi connectivity index (χ0) is 16.5. The van der Waals surface area contributed by atoms with Crippen LogP contribution in [0, 0.1) is 0 Å². The lowest BCUT2D eigenvalue weighted by molar-refractivity contribution is -0.153. The summed E-state index contributed by atoms with van der Waals surface area (Å²) < 4.78 is 16.5. The lowest BCUT2D eigenvalue weighted by Crippen LogP contribution is -2.53. The first-order valence-corrected chi connectivity index (χ1v) is 8.60. The zero-order valence-electron chi connectivity index (χ0n) is 14.0. The van der Waals surface area contributed by atoms with Crippen LogP contribution in [0.1, 0.15) is 12.0 Å². The van der Waals surface area contributed by atoms with Gasteiger partial charge in [0.2, 0.25) is 5.91 Å². The molecule has 6 heteroatoms. The number of likely N-dealkylation sites (tertiary alicyclic amines) is 1. The van der Waals surface area contributed by atoms with E-state index < -0.39 is 0 Å². The van der Waals surface area contributed by atoms with Gasteiger partial charge in [0, 0.05) is 32.3 Å². The molecule has 3 atom stereocenters. The fraction of sp³-hybridized carbons (Fsp3) is 0.611.